The molecule has 0 radical (unpaired) electrons. The van der Waals surface area contributed by atoms with E-state index >= 15 is 0 Å². The maximum Gasteiger partial charge on any atom is 0.342 e. The van der Waals surface area contributed by atoms with Crippen molar-refractivity contribution in [2.75, 3.05) is 11.3 Å². The molecule has 0 aliphatic carbocycles. The Morgan fingerprint density at radius 2 is 1.82 bits per heavy atom. The van der Waals surface area contributed by atoms with Crippen LogP contribution in [0.3, 0.4) is 0 Å². The van der Waals surface area contributed by atoms with Gasteiger partial charge in [-0.3, -0.25) is 4.72 Å². The molecule has 1 N–H and O–H groups in total. The molecule has 28 heavy (non-hydrogen) atoms. The fraction of sp³-hybridized carbons (Fsp3) is 0.250. The summed E-state index contributed by atoms with van der Waals surface area (Å²) in [5.74, 6) is -0.101. The van der Waals surface area contributed by atoms with Crippen molar-refractivity contribution in [3.8, 4) is 0 Å². The minimum Gasteiger partial charge on any atom is -0.462 e. The monoisotopic (exact) mass is 467 g/mol. The van der Waals surface area contributed by atoms with Crippen molar-refractivity contribution in [3.63, 3.8) is 0 Å². The summed E-state index contributed by atoms with van der Waals surface area (Å²) in [6.07, 6.45) is 0. The highest BCUT2D eigenvalue weighted by Crippen LogP contribution is 2.35. The summed E-state index contributed by atoms with van der Waals surface area (Å²) in [5, 5.41) is 0.481. The lowest BCUT2D eigenvalue weighted by atomic mass is 10.1. The van der Waals surface area contributed by atoms with Crippen LogP contribution in [0.15, 0.2) is 56.2 Å². The van der Waals surface area contributed by atoms with Crippen LogP contribution in [-0.4, -0.2) is 21.0 Å². The Morgan fingerprint density at radius 3 is 2.43 bits per heavy atom. The zero-order valence-electron chi connectivity index (χ0n) is 16.1. The predicted molar refractivity (Wildman–Crippen MR) is 113 cm³/mol. The van der Waals surface area contributed by atoms with Gasteiger partial charge < -0.3 is 9.15 Å². The van der Waals surface area contributed by atoms with E-state index in [0.717, 1.165) is 0 Å². The number of halogens is 1. The molecule has 3 rings (SSSR count). The van der Waals surface area contributed by atoms with Crippen molar-refractivity contribution in [2.24, 2.45) is 0 Å². The summed E-state index contributed by atoms with van der Waals surface area (Å²) < 4.78 is 38.8. The van der Waals surface area contributed by atoms with Crippen molar-refractivity contribution in [3.05, 3.63) is 58.3 Å². The third kappa shape index (κ3) is 4.56. The second kappa shape index (κ2) is 9.25. The first kappa shape index (κ1) is 22.0. The summed E-state index contributed by atoms with van der Waals surface area (Å²) in [4.78, 5) is 12.4. The van der Waals surface area contributed by atoms with E-state index in [1.54, 1.807) is 44.2 Å². The molecule has 0 aliphatic rings. The van der Waals surface area contributed by atoms with Crippen LogP contribution >= 0.6 is 15.9 Å². The van der Waals surface area contributed by atoms with Crippen molar-refractivity contribution in [2.45, 2.75) is 32.6 Å². The fourth-order valence-corrected chi connectivity index (χ4v) is 4.22. The molecule has 6 nitrogen and oxygen atoms in total. The highest BCUT2D eigenvalue weighted by atomic mass is 79.9. The van der Waals surface area contributed by atoms with Gasteiger partial charge in [-0.15, -0.1) is 0 Å². The number of ether oxygens (including phenoxy) is 1. The molecule has 2 aromatic carbocycles. The molecule has 0 saturated heterocycles. The SMILES string of the molecule is CC.CCOC(=O)c1c(C)oc2cc(Br)c(NS(=O)(=O)c3ccccc3)cc12. The lowest BCUT2D eigenvalue weighted by Crippen LogP contribution is -2.13. The molecular formula is C20H22BrNO5S. The number of furan rings is 1. The number of rotatable bonds is 5. The zero-order chi connectivity index (χ0) is 20.9. The number of anilines is 1. The molecule has 0 bridgehead atoms. The Balaban J connectivity index is 0.00000136. The molecule has 0 atom stereocenters. The Morgan fingerprint density at radius 1 is 1.18 bits per heavy atom. The topological polar surface area (TPSA) is 85.6 Å². The number of nitrogens with one attached hydrogen (secondary N) is 1. The predicted octanol–water partition coefficient (Wildman–Crippen LogP) is 5.51. The highest BCUT2D eigenvalue weighted by molar-refractivity contribution is 9.10. The van der Waals surface area contributed by atoms with E-state index in [4.69, 9.17) is 9.15 Å². The summed E-state index contributed by atoms with van der Waals surface area (Å²) in [6, 6.07) is 11.2. The quantitative estimate of drug-likeness (QED) is 0.500. The van der Waals surface area contributed by atoms with E-state index in [0.29, 0.717) is 26.9 Å². The molecule has 0 amide bonds. The second-order valence-electron chi connectivity index (χ2n) is 5.50. The average molecular weight is 468 g/mol. The fourth-order valence-electron chi connectivity index (χ4n) is 2.58. The number of carbonyl (C=O) groups excluding carboxylic acids is 1. The summed E-state index contributed by atoms with van der Waals surface area (Å²) in [5.41, 5.74) is 1.04. The first-order chi connectivity index (χ1) is 13.3. The molecule has 0 saturated carbocycles. The van der Waals surface area contributed by atoms with Crippen molar-refractivity contribution < 1.29 is 22.4 Å². The van der Waals surface area contributed by atoms with Gasteiger partial charge in [0.05, 0.1) is 17.2 Å². The normalized spacial score (nSPS) is 10.9. The highest BCUT2D eigenvalue weighted by Gasteiger charge is 2.22. The summed E-state index contributed by atoms with van der Waals surface area (Å²) >= 11 is 3.34. The van der Waals surface area contributed by atoms with Gasteiger partial charge in [-0.2, -0.15) is 0 Å². The van der Waals surface area contributed by atoms with Crippen LogP contribution < -0.4 is 4.72 Å². The Labute approximate surface area is 173 Å². The van der Waals surface area contributed by atoms with Gasteiger partial charge >= 0.3 is 5.97 Å². The first-order valence-electron chi connectivity index (χ1n) is 8.81. The number of aryl methyl sites for hydroxylation is 1. The molecule has 0 aliphatic heterocycles. The van der Waals surface area contributed by atoms with Gasteiger partial charge in [0.1, 0.15) is 16.9 Å². The minimum absolute atomic E-state index is 0.140. The third-order valence-electron chi connectivity index (χ3n) is 3.73. The number of sulfonamides is 1. The zero-order valence-corrected chi connectivity index (χ0v) is 18.5. The van der Waals surface area contributed by atoms with Gasteiger partial charge in [-0.25, -0.2) is 13.2 Å². The molecule has 8 heteroatoms. The van der Waals surface area contributed by atoms with Gasteiger partial charge in [0.15, 0.2) is 0 Å². The van der Waals surface area contributed by atoms with Crippen molar-refractivity contribution >= 4 is 48.6 Å². The largest absolute Gasteiger partial charge is 0.462 e. The first-order valence-corrected chi connectivity index (χ1v) is 11.1. The van der Waals surface area contributed by atoms with E-state index in [9.17, 15) is 13.2 Å². The maximum atomic E-state index is 12.6. The molecule has 0 fully saturated rings. The van der Waals surface area contributed by atoms with Crippen LogP contribution in [0, 0.1) is 6.92 Å². The van der Waals surface area contributed by atoms with Gasteiger partial charge in [0, 0.05) is 9.86 Å². The van der Waals surface area contributed by atoms with E-state index in [-0.39, 0.29) is 17.1 Å². The van der Waals surface area contributed by atoms with Gasteiger partial charge in [-0.1, -0.05) is 32.0 Å². The van der Waals surface area contributed by atoms with Gasteiger partial charge in [0.2, 0.25) is 0 Å². The standard InChI is InChI=1S/C18H16BrNO5S.C2H6/c1-3-24-18(21)17-11(2)25-16-10-14(19)15(9-13(16)17)20-26(22,23)12-7-5-4-6-8-12;1-2/h4-10,20H,3H2,1-2H3;1-2H3. The summed E-state index contributed by atoms with van der Waals surface area (Å²) in [6.45, 7) is 7.61. The van der Waals surface area contributed by atoms with E-state index in [2.05, 4.69) is 20.7 Å². The lowest BCUT2D eigenvalue weighted by Gasteiger charge is -2.10. The number of hydrogen-bond donors (Lipinski definition) is 1. The minimum atomic E-state index is -3.77. The third-order valence-corrected chi connectivity index (χ3v) is 5.77. The maximum absolute atomic E-state index is 12.6. The second-order valence-corrected chi connectivity index (χ2v) is 8.04. The number of esters is 1. The van der Waals surface area contributed by atoms with Crippen LogP contribution in [0.2, 0.25) is 0 Å². The molecular weight excluding hydrogens is 446 g/mol. The van der Waals surface area contributed by atoms with E-state index in [1.807, 2.05) is 13.8 Å². The van der Waals surface area contributed by atoms with E-state index in [1.165, 1.54) is 12.1 Å². The smallest absolute Gasteiger partial charge is 0.342 e. The molecule has 0 spiro atoms. The van der Waals surface area contributed by atoms with Crippen LogP contribution in [0.5, 0.6) is 0 Å². The summed E-state index contributed by atoms with van der Waals surface area (Å²) in [7, 11) is -3.77. The van der Waals surface area contributed by atoms with Gasteiger partial charge in [0.25, 0.3) is 10.0 Å². The number of carbonyl (C=O) groups is 1. The van der Waals surface area contributed by atoms with E-state index < -0.39 is 16.0 Å². The average Bonchev–Trinajstić information content (AvgIpc) is 2.99. The molecule has 3 aromatic rings. The van der Waals surface area contributed by atoms with Crippen molar-refractivity contribution in [1.29, 1.82) is 0 Å². The molecule has 0 unspecified atom stereocenters. The Hall–Kier alpha value is -2.32. The van der Waals surface area contributed by atoms with Crippen LogP contribution in [0.4, 0.5) is 5.69 Å². The Bertz CT molecular complexity index is 1070. The molecule has 150 valence electrons. The van der Waals surface area contributed by atoms with Gasteiger partial charge in [-0.05, 0) is 54.0 Å². The van der Waals surface area contributed by atoms with Crippen LogP contribution in [0.1, 0.15) is 36.9 Å². The Kier molecular flexibility index (Phi) is 7.26. The molecule has 1 aromatic heterocycles. The number of fused-ring (bicyclic) bond motifs is 1. The number of hydrogen-bond acceptors (Lipinski definition) is 5. The van der Waals surface area contributed by atoms with Crippen molar-refractivity contribution in [1.82, 2.24) is 0 Å². The molecule has 1 heterocycles. The van der Waals surface area contributed by atoms with Crippen LogP contribution in [0.25, 0.3) is 11.0 Å². The van der Waals surface area contributed by atoms with Crippen LogP contribution in [-0.2, 0) is 14.8 Å². The number of benzene rings is 2. The lowest BCUT2D eigenvalue weighted by molar-refractivity contribution is 0.0526.